The van der Waals surface area contributed by atoms with Gasteiger partial charge in [0.25, 0.3) is 0 Å². The van der Waals surface area contributed by atoms with Crippen molar-refractivity contribution >= 4 is 31.9 Å². The van der Waals surface area contributed by atoms with E-state index in [-0.39, 0.29) is 0 Å². The van der Waals surface area contributed by atoms with Crippen molar-refractivity contribution in [3.05, 3.63) is 26.9 Å². The standard InChI is InChI=1S/C6H6Br2N2/c7-5-1-4(3-9)2-6(8)10-5/h1-2H,3,9H2. The van der Waals surface area contributed by atoms with E-state index < -0.39 is 0 Å². The number of pyridine rings is 1. The van der Waals surface area contributed by atoms with Gasteiger partial charge in [-0.3, -0.25) is 0 Å². The van der Waals surface area contributed by atoms with Crippen LogP contribution in [0.25, 0.3) is 0 Å². The number of halogens is 2. The Bertz CT molecular complexity index is 217. The Labute approximate surface area is 76.1 Å². The molecule has 4 heteroatoms. The third-order valence-corrected chi connectivity index (χ3v) is 1.87. The molecule has 0 aromatic carbocycles. The van der Waals surface area contributed by atoms with Crippen LogP contribution < -0.4 is 5.73 Å². The topological polar surface area (TPSA) is 38.9 Å². The Hall–Kier alpha value is 0.0700. The molecular weight excluding hydrogens is 260 g/mol. The molecule has 1 aromatic heterocycles. The molecule has 1 aromatic rings. The van der Waals surface area contributed by atoms with Crippen LogP contribution in [0.2, 0.25) is 0 Å². The van der Waals surface area contributed by atoms with Crippen LogP contribution >= 0.6 is 31.9 Å². The smallest absolute Gasteiger partial charge is 0.107 e. The molecule has 0 amide bonds. The number of nitrogens with two attached hydrogens (primary N) is 1. The second kappa shape index (κ2) is 3.46. The fourth-order valence-corrected chi connectivity index (χ4v) is 1.84. The SMILES string of the molecule is NCc1cc(Br)nc(Br)c1. The van der Waals surface area contributed by atoms with Crippen LogP contribution in [0.15, 0.2) is 21.3 Å². The van der Waals surface area contributed by atoms with E-state index in [0.717, 1.165) is 14.8 Å². The summed E-state index contributed by atoms with van der Waals surface area (Å²) < 4.78 is 1.62. The summed E-state index contributed by atoms with van der Waals surface area (Å²) in [6.07, 6.45) is 0. The molecule has 1 heterocycles. The molecule has 0 saturated carbocycles. The summed E-state index contributed by atoms with van der Waals surface area (Å²) in [5.41, 5.74) is 6.48. The molecule has 2 N–H and O–H groups in total. The van der Waals surface area contributed by atoms with Crippen molar-refractivity contribution in [3.8, 4) is 0 Å². The molecule has 0 atom stereocenters. The number of hydrogen-bond acceptors (Lipinski definition) is 2. The fraction of sp³-hybridized carbons (Fsp3) is 0.167. The lowest BCUT2D eigenvalue weighted by atomic mass is 10.3. The lowest BCUT2D eigenvalue weighted by Gasteiger charge is -1.97. The lowest BCUT2D eigenvalue weighted by molar-refractivity contribution is 1.04. The maximum absolute atomic E-state index is 5.42. The first-order valence-corrected chi connectivity index (χ1v) is 4.33. The van der Waals surface area contributed by atoms with Crippen molar-refractivity contribution in [2.75, 3.05) is 0 Å². The summed E-state index contributed by atoms with van der Waals surface area (Å²) in [6, 6.07) is 3.79. The number of nitrogens with zero attached hydrogens (tertiary/aromatic N) is 1. The number of hydrogen-bond donors (Lipinski definition) is 1. The zero-order chi connectivity index (χ0) is 7.56. The fourth-order valence-electron chi connectivity index (χ4n) is 0.632. The van der Waals surface area contributed by atoms with Gasteiger partial charge >= 0.3 is 0 Å². The van der Waals surface area contributed by atoms with Crippen molar-refractivity contribution in [2.24, 2.45) is 5.73 Å². The zero-order valence-electron chi connectivity index (χ0n) is 5.14. The van der Waals surface area contributed by atoms with Gasteiger partial charge in [-0.2, -0.15) is 0 Å². The van der Waals surface area contributed by atoms with Gasteiger partial charge in [-0.15, -0.1) is 0 Å². The van der Waals surface area contributed by atoms with Gasteiger partial charge in [0.15, 0.2) is 0 Å². The molecule has 0 saturated heterocycles. The molecular formula is C6H6Br2N2. The number of aromatic nitrogens is 1. The monoisotopic (exact) mass is 264 g/mol. The van der Waals surface area contributed by atoms with Gasteiger partial charge in [-0.25, -0.2) is 4.98 Å². The molecule has 0 aliphatic heterocycles. The first kappa shape index (κ1) is 8.17. The van der Waals surface area contributed by atoms with Crippen molar-refractivity contribution in [2.45, 2.75) is 6.54 Å². The van der Waals surface area contributed by atoms with Crippen LogP contribution in [0.1, 0.15) is 5.56 Å². The van der Waals surface area contributed by atoms with E-state index in [9.17, 15) is 0 Å². The van der Waals surface area contributed by atoms with Crippen LogP contribution in [-0.2, 0) is 6.54 Å². The van der Waals surface area contributed by atoms with Crippen LogP contribution in [0.5, 0.6) is 0 Å². The largest absolute Gasteiger partial charge is 0.326 e. The molecule has 0 radical (unpaired) electrons. The van der Waals surface area contributed by atoms with Crippen molar-refractivity contribution < 1.29 is 0 Å². The van der Waals surface area contributed by atoms with E-state index >= 15 is 0 Å². The van der Waals surface area contributed by atoms with Gasteiger partial charge in [0.2, 0.25) is 0 Å². The summed E-state index contributed by atoms with van der Waals surface area (Å²) in [6.45, 7) is 0.541. The molecule has 0 aliphatic carbocycles. The van der Waals surface area contributed by atoms with Crippen LogP contribution in [0.4, 0.5) is 0 Å². The van der Waals surface area contributed by atoms with E-state index in [1.54, 1.807) is 0 Å². The maximum Gasteiger partial charge on any atom is 0.107 e. The van der Waals surface area contributed by atoms with Gasteiger partial charge < -0.3 is 5.73 Å². The second-order valence-corrected chi connectivity index (χ2v) is 3.45. The highest BCUT2D eigenvalue weighted by Gasteiger charge is 1.95. The molecule has 0 fully saturated rings. The second-order valence-electron chi connectivity index (χ2n) is 1.82. The molecule has 0 aliphatic rings. The Morgan fingerprint density at radius 2 is 1.80 bits per heavy atom. The minimum absolute atomic E-state index is 0.541. The minimum atomic E-state index is 0.541. The van der Waals surface area contributed by atoms with Crippen molar-refractivity contribution in [3.63, 3.8) is 0 Å². The lowest BCUT2D eigenvalue weighted by Crippen LogP contribution is -1.96. The quantitative estimate of drug-likeness (QED) is 0.790. The summed E-state index contributed by atoms with van der Waals surface area (Å²) in [5, 5.41) is 0. The molecule has 0 spiro atoms. The normalized spacial score (nSPS) is 9.90. The summed E-state index contributed by atoms with van der Waals surface area (Å²) >= 11 is 6.51. The Morgan fingerprint density at radius 1 is 1.30 bits per heavy atom. The number of rotatable bonds is 1. The van der Waals surface area contributed by atoms with Gasteiger partial charge in [0.05, 0.1) is 0 Å². The Balaban J connectivity index is 3.06. The van der Waals surface area contributed by atoms with E-state index in [0.29, 0.717) is 6.54 Å². The molecule has 0 unspecified atom stereocenters. The van der Waals surface area contributed by atoms with Crippen LogP contribution in [-0.4, -0.2) is 4.98 Å². The Kier molecular flexibility index (Phi) is 2.82. The summed E-state index contributed by atoms with van der Waals surface area (Å²) in [7, 11) is 0. The van der Waals surface area contributed by atoms with Gasteiger partial charge in [0.1, 0.15) is 9.21 Å². The van der Waals surface area contributed by atoms with Gasteiger partial charge in [-0.1, -0.05) is 0 Å². The molecule has 0 bridgehead atoms. The summed E-state index contributed by atoms with van der Waals surface area (Å²) in [4.78, 5) is 4.06. The molecule has 54 valence electrons. The average Bonchev–Trinajstić information content (AvgIpc) is 1.85. The maximum atomic E-state index is 5.42. The molecule has 1 rings (SSSR count). The zero-order valence-corrected chi connectivity index (χ0v) is 8.31. The van der Waals surface area contributed by atoms with Gasteiger partial charge in [0, 0.05) is 6.54 Å². The first-order valence-electron chi connectivity index (χ1n) is 2.74. The molecule has 2 nitrogen and oxygen atoms in total. The minimum Gasteiger partial charge on any atom is -0.326 e. The third kappa shape index (κ3) is 2.04. The van der Waals surface area contributed by atoms with E-state index in [1.807, 2.05) is 12.1 Å². The molecule has 10 heavy (non-hydrogen) atoms. The predicted molar refractivity (Wildman–Crippen MR) is 47.5 cm³/mol. The highest BCUT2D eigenvalue weighted by molar-refractivity contribution is 9.11. The highest BCUT2D eigenvalue weighted by Crippen LogP contribution is 2.14. The average molecular weight is 266 g/mol. The van der Waals surface area contributed by atoms with Crippen molar-refractivity contribution in [1.29, 1.82) is 0 Å². The highest BCUT2D eigenvalue weighted by atomic mass is 79.9. The van der Waals surface area contributed by atoms with Crippen LogP contribution in [0, 0.1) is 0 Å². The van der Waals surface area contributed by atoms with E-state index in [1.165, 1.54) is 0 Å². The van der Waals surface area contributed by atoms with Crippen LogP contribution in [0.3, 0.4) is 0 Å². The summed E-state index contributed by atoms with van der Waals surface area (Å²) in [5.74, 6) is 0. The van der Waals surface area contributed by atoms with Gasteiger partial charge in [-0.05, 0) is 49.6 Å². The Morgan fingerprint density at radius 3 is 2.20 bits per heavy atom. The third-order valence-electron chi connectivity index (χ3n) is 1.06. The van der Waals surface area contributed by atoms with Crippen molar-refractivity contribution in [1.82, 2.24) is 4.98 Å². The van der Waals surface area contributed by atoms with E-state index in [4.69, 9.17) is 5.73 Å². The first-order chi connectivity index (χ1) is 4.72. The predicted octanol–water partition coefficient (Wildman–Crippen LogP) is 2.07. The van der Waals surface area contributed by atoms with E-state index in [2.05, 4.69) is 36.8 Å².